The molecule has 0 radical (unpaired) electrons. The fourth-order valence-corrected chi connectivity index (χ4v) is 3.20. The van der Waals surface area contributed by atoms with Crippen molar-refractivity contribution in [3.05, 3.63) is 10.6 Å². The molecule has 100 valence electrons. The maximum Gasteiger partial charge on any atom is 0.230 e. The Labute approximate surface area is 112 Å². The summed E-state index contributed by atoms with van der Waals surface area (Å²) in [5, 5.41) is 3.62. The fourth-order valence-electron chi connectivity index (χ4n) is 2.39. The minimum Gasteiger partial charge on any atom is -0.327 e. The number of carbonyl (C=O) groups is 1. The van der Waals surface area contributed by atoms with Crippen molar-refractivity contribution >= 4 is 22.4 Å². The van der Waals surface area contributed by atoms with E-state index < -0.39 is 0 Å². The van der Waals surface area contributed by atoms with Crippen LogP contribution in [0.2, 0.25) is 0 Å². The van der Waals surface area contributed by atoms with Crippen molar-refractivity contribution in [1.29, 1.82) is 0 Å². The molecule has 2 rings (SSSR count). The highest BCUT2D eigenvalue weighted by molar-refractivity contribution is 7.15. The van der Waals surface area contributed by atoms with E-state index in [-0.39, 0.29) is 17.9 Å². The normalized spacial score (nSPS) is 24.6. The molecule has 0 aliphatic heterocycles. The van der Waals surface area contributed by atoms with Gasteiger partial charge in [-0.25, -0.2) is 4.98 Å². The molecule has 1 aliphatic rings. The Morgan fingerprint density at radius 2 is 2.06 bits per heavy atom. The predicted molar refractivity (Wildman–Crippen MR) is 74.8 cm³/mol. The summed E-state index contributed by atoms with van der Waals surface area (Å²) in [6.07, 6.45) is 5.28. The van der Waals surface area contributed by atoms with E-state index in [2.05, 4.69) is 10.3 Å². The minimum atomic E-state index is -0.0583. The summed E-state index contributed by atoms with van der Waals surface area (Å²) in [5.41, 5.74) is 7.08. The van der Waals surface area contributed by atoms with Gasteiger partial charge in [-0.05, 0) is 26.7 Å². The molecule has 0 aromatic carbocycles. The van der Waals surface area contributed by atoms with Crippen LogP contribution in [-0.2, 0) is 4.79 Å². The van der Waals surface area contributed by atoms with E-state index in [4.69, 9.17) is 5.73 Å². The molecule has 0 saturated heterocycles. The molecule has 3 N–H and O–H groups in total. The zero-order valence-corrected chi connectivity index (χ0v) is 11.8. The molecule has 1 saturated carbocycles. The second-order valence-corrected chi connectivity index (χ2v) is 6.26. The Morgan fingerprint density at radius 3 is 2.72 bits per heavy atom. The zero-order chi connectivity index (χ0) is 13.1. The smallest absolute Gasteiger partial charge is 0.230 e. The monoisotopic (exact) mass is 267 g/mol. The van der Waals surface area contributed by atoms with Crippen LogP contribution in [0.3, 0.4) is 0 Å². The molecule has 0 spiro atoms. The van der Waals surface area contributed by atoms with Gasteiger partial charge in [-0.15, -0.1) is 11.3 Å². The van der Waals surface area contributed by atoms with Gasteiger partial charge in [0.15, 0.2) is 5.13 Å². The molecule has 1 aromatic rings. The number of carbonyl (C=O) groups excluding carboxylic acids is 1. The van der Waals surface area contributed by atoms with Gasteiger partial charge in [0, 0.05) is 10.9 Å². The molecule has 4 nitrogen and oxygen atoms in total. The molecule has 5 heteroatoms. The number of nitrogens with two attached hydrogens (primary N) is 1. The molecule has 0 bridgehead atoms. The minimum absolute atomic E-state index is 0.00495. The number of amides is 1. The third-order valence-corrected chi connectivity index (χ3v) is 4.65. The van der Waals surface area contributed by atoms with Gasteiger partial charge < -0.3 is 11.1 Å². The predicted octanol–water partition coefficient (Wildman–Crippen LogP) is 2.61. The van der Waals surface area contributed by atoms with E-state index in [0.29, 0.717) is 5.13 Å². The van der Waals surface area contributed by atoms with Gasteiger partial charge in [0.2, 0.25) is 5.91 Å². The van der Waals surface area contributed by atoms with Gasteiger partial charge in [0.05, 0.1) is 11.6 Å². The van der Waals surface area contributed by atoms with Gasteiger partial charge in [-0.1, -0.05) is 19.3 Å². The molecule has 2 atom stereocenters. The Bertz CT molecular complexity index is 410. The molecule has 18 heavy (non-hydrogen) atoms. The van der Waals surface area contributed by atoms with E-state index >= 15 is 0 Å². The first-order valence-electron chi connectivity index (χ1n) is 6.58. The van der Waals surface area contributed by atoms with Gasteiger partial charge in [-0.2, -0.15) is 0 Å². The molecule has 1 aliphatic carbocycles. The first-order chi connectivity index (χ1) is 8.58. The first kappa shape index (κ1) is 13.5. The van der Waals surface area contributed by atoms with Crippen molar-refractivity contribution in [3.8, 4) is 0 Å². The number of aromatic nitrogens is 1. The average Bonchev–Trinajstić information content (AvgIpc) is 2.52. The lowest BCUT2D eigenvalue weighted by Crippen LogP contribution is -2.37. The lowest BCUT2D eigenvalue weighted by Gasteiger charge is -2.19. The second kappa shape index (κ2) is 5.80. The van der Waals surface area contributed by atoms with Gasteiger partial charge in [0.25, 0.3) is 0 Å². The van der Waals surface area contributed by atoms with Gasteiger partial charge in [-0.3, -0.25) is 4.79 Å². The highest BCUT2D eigenvalue weighted by Gasteiger charge is 2.27. The summed E-state index contributed by atoms with van der Waals surface area (Å²) < 4.78 is 0. The Kier molecular flexibility index (Phi) is 4.35. The number of hydrogen-bond acceptors (Lipinski definition) is 4. The summed E-state index contributed by atoms with van der Waals surface area (Å²) in [5.74, 6) is -0.0184. The Balaban J connectivity index is 2.02. The van der Waals surface area contributed by atoms with Crippen LogP contribution in [0.4, 0.5) is 5.13 Å². The van der Waals surface area contributed by atoms with E-state index in [1.54, 1.807) is 0 Å². The lowest BCUT2D eigenvalue weighted by molar-refractivity contribution is -0.120. The highest BCUT2D eigenvalue weighted by Crippen LogP contribution is 2.26. The molecule has 2 unspecified atom stereocenters. The van der Waals surface area contributed by atoms with E-state index in [1.807, 2.05) is 13.8 Å². The number of aryl methyl sites for hydroxylation is 2. The SMILES string of the molecule is Cc1nc(NC(=O)C2CCCCCC2N)sc1C. The zero-order valence-electron chi connectivity index (χ0n) is 11.0. The fraction of sp³-hybridized carbons (Fsp3) is 0.692. The van der Waals surface area contributed by atoms with E-state index in [0.717, 1.165) is 36.3 Å². The summed E-state index contributed by atoms with van der Waals surface area (Å²) in [6, 6.07) is -0.00495. The van der Waals surface area contributed by atoms with Crippen LogP contribution >= 0.6 is 11.3 Å². The number of hydrogen-bond donors (Lipinski definition) is 2. The van der Waals surface area contributed by atoms with Crippen molar-refractivity contribution in [2.75, 3.05) is 5.32 Å². The molecular formula is C13H21N3OS. The van der Waals surface area contributed by atoms with Crippen molar-refractivity contribution in [1.82, 2.24) is 4.98 Å². The number of rotatable bonds is 2. The summed E-state index contributed by atoms with van der Waals surface area (Å²) in [4.78, 5) is 17.7. The highest BCUT2D eigenvalue weighted by atomic mass is 32.1. The van der Waals surface area contributed by atoms with E-state index in [9.17, 15) is 4.79 Å². The number of nitrogens with one attached hydrogen (secondary N) is 1. The van der Waals surface area contributed by atoms with Crippen LogP contribution in [-0.4, -0.2) is 16.9 Å². The van der Waals surface area contributed by atoms with Crippen LogP contribution in [0.5, 0.6) is 0 Å². The van der Waals surface area contributed by atoms with Gasteiger partial charge in [0.1, 0.15) is 0 Å². The van der Waals surface area contributed by atoms with E-state index in [1.165, 1.54) is 17.8 Å². The standard InChI is InChI=1S/C13H21N3OS/c1-8-9(2)18-13(15-8)16-12(17)10-6-4-3-5-7-11(10)14/h10-11H,3-7,14H2,1-2H3,(H,15,16,17). The summed E-state index contributed by atoms with van der Waals surface area (Å²) >= 11 is 1.53. The maximum absolute atomic E-state index is 12.2. The van der Waals surface area contributed by atoms with Crippen LogP contribution in [0.1, 0.15) is 42.7 Å². The van der Waals surface area contributed by atoms with Crippen LogP contribution in [0.15, 0.2) is 0 Å². The third-order valence-electron chi connectivity index (χ3n) is 3.66. The summed E-state index contributed by atoms with van der Waals surface area (Å²) in [6.45, 7) is 3.97. The third kappa shape index (κ3) is 3.09. The average molecular weight is 267 g/mol. The van der Waals surface area contributed by atoms with Crippen molar-refractivity contribution in [2.45, 2.75) is 52.0 Å². The molecular weight excluding hydrogens is 246 g/mol. The molecule has 1 aromatic heterocycles. The van der Waals surface area contributed by atoms with Crippen molar-refractivity contribution in [2.24, 2.45) is 11.7 Å². The Hall–Kier alpha value is -0.940. The number of thiazole rings is 1. The quantitative estimate of drug-likeness (QED) is 0.809. The van der Waals surface area contributed by atoms with Gasteiger partial charge >= 0.3 is 0 Å². The maximum atomic E-state index is 12.2. The van der Waals surface area contributed by atoms with Crippen molar-refractivity contribution < 1.29 is 4.79 Å². The van der Waals surface area contributed by atoms with Crippen molar-refractivity contribution in [3.63, 3.8) is 0 Å². The Morgan fingerprint density at radius 1 is 1.33 bits per heavy atom. The van der Waals surface area contributed by atoms with Crippen LogP contribution < -0.4 is 11.1 Å². The lowest BCUT2D eigenvalue weighted by atomic mass is 9.95. The largest absolute Gasteiger partial charge is 0.327 e. The second-order valence-electron chi connectivity index (χ2n) is 5.06. The molecule has 1 fully saturated rings. The number of nitrogens with zero attached hydrogens (tertiary/aromatic N) is 1. The molecule has 1 heterocycles. The van der Waals surface area contributed by atoms with Crippen LogP contribution in [0, 0.1) is 19.8 Å². The number of anilines is 1. The summed E-state index contributed by atoms with van der Waals surface area (Å²) in [7, 11) is 0. The van der Waals surface area contributed by atoms with Crippen LogP contribution in [0.25, 0.3) is 0 Å². The first-order valence-corrected chi connectivity index (χ1v) is 7.40. The molecule has 1 amide bonds. The topological polar surface area (TPSA) is 68.0 Å².